The van der Waals surface area contributed by atoms with Gasteiger partial charge < -0.3 is 4.42 Å². The molecule has 2 unspecified atom stereocenters. The van der Waals surface area contributed by atoms with Gasteiger partial charge >= 0.3 is 0 Å². The van der Waals surface area contributed by atoms with Crippen LogP contribution in [0.4, 0.5) is 0 Å². The normalized spacial score (nSPS) is 14.8. The molecule has 0 fully saturated rings. The first-order chi connectivity index (χ1) is 8.21. The molecule has 17 heavy (non-hydrogen) atoms. The third kappa shape index (κ3) is 4.82. The summed E-state index contributed by atoms with van der Waals surface area (Å²) in [6.45, 7) is 4.47. The van der Waals surface area contributed by atoms with E-state index in [4.69, 9.17) is 10.3 Å². The van der Waals surface area contributed by atoms with Gasteiger partial charge in [-0.05, 0) is 40.4 Å². The number of nitrogens with two attached hydrogens (primary N) is 1. The first-order valence-corrected chi connectivity index (χ1v) is 7.21. The van der Waals surface area contributed by atoms with Crippen LogP contribution >= 0.6 is 15.9 Å². The molecule has 0 bridgehead atoms. The van der Waals surface area contributed by atoms with E-state index in [2.05, 4.69) is 35.2 Å². The number of rotatable bonds is 8. The van der Waals surface area contributed by atoms with Crippen molar-refractivity contribution < 1.29 is 4.42 Å². The molecule has 0 aliphatic rings. The van der Waals surface area contributed by atoms with Gasteiger partial charge in [-0.2, -0.15) is 0 Å². The van der Waals surface area contributed by atoms with Crippen molar-refractivity contribution in [3.8, 4) is 0 Å². The zero-order valence-electron chi connectivity index (χ0n) is 10.7. The monoisotopic (exact) mass is 302 g/mol. The molecule has 1 aromatic rings. The summed E-state index contributed by atoms with van der Waals surface area (Å²) in [6, 6.07) is 4.00. The lowest BCUT2D eigenvalue weighted by Crippen LogP contribution is -2.29. The predicted molar refractivity (Wildman–Crippen MR) is 74.4 cm³/mol. The Kier molecular flexibility index (Phi) is 6.85. The van der Waals surface area contributed by atoms with E-state index < -0.39 is 0 Å². The molecule has 0 saturated carbocycles. The van der Waals surface area contributed by atoms with Crippen molar-refractivity contribution in [2.75, 3.05) is 0 Å². The molecule has 1 heterocycles. The Labute approximate surface area is 112 Å². The highest BCUT2D eigenvalue weighted by Gasteiger charge is 2.18. The molecule has 0 aliphatic carbocycles. The van der Waals surface area contributed by atoms with Crippen LogP contribution in [-0.4, -0.2) is 0 Å². The number of hydrogen-bond acceptors (Lipinski definition) is 3. The van der Waals surface area contributed by atoms with Crippen LogP contribution in [-0.2, 0) is 0 Å². The van der Waals surface area contributed by atoms with Crippen molar-refractivity contribution in [2.45, 2.75) is 52.0 Å². The summed E-state index contributed by atoms with van der Waals surface area (Å²) in [5.74, 6) is 7.24. The molecule has 0 radical (unpaired) electrons. The van der Waals surface area contributed by atoms with E-state index in [9.17, 15) is 0 Å². The van der Waals surface area contributed by atoms with Crippen LogP contribution in [0.5, 0.6) is 0 Å². The van der Waals surface area contributed by atoms with Gasteiger partial charge in [0.05, 0.1) is 6.04 Å². The minimum Gasteiger partial charge on any atom is -0.453 e. The molecule has 0 saturated heterocycles. The Bertz CT molecular complexity index is 314. The van der Waals surface area contributed by atoms with Gasteiger partial charge in [0.25, 0.3) is 0 Å². The lowest BCUT2D eigenvalue weighted by atomic mass is 9.91. The molecule has 1 rings (SSSR count). The Morgan fingerprint density at radius 1 is 1.41 bits per heavy atom. The Hall–Kier alpha value is -0.320. The minimum absolute atomic E-state index is 0.114. The van der Waals surface area contributed by atoms with E-state index >= 15 is 0 Å². The smallest absolute Gasteiger partial charge is 0.169 e. The molecular formula is C13H23BrN2O. The summed E-state index contributed by atoms with van der Waals surface area (Å²) < 4.78 is 6.32. The minimum atomic E-state index is 0.114. The summed E-state index contributed by atoms with van der Waals surface area (Å²) in [6.07, 6.45) is 6.04. The fraction of sp³-hybridized carbons (Fsp3) is 0.692. The maximum absolute atomic E-state index is 5.62. The number of hydrogen-bond donors (Lipinski definition) is 2. The van der Waals surface area contributed by atoms with E-state index in [1.165, 1.54) is 25.7 Å². The lowest BCUT2D eigenvalue weighted by Gasteiger charge is -2.20. The van der Waals surface area contributed by atoms with Gasteiger partial charge in [0.15, 0.2) is 4.67 Å². The number of hydrazine groups is 1. The Morgan fingerprint density at radius 3 is 2.65 bits per heavy atom. The van der Waals surface area contributed by atoms with E-state index in [-0.39, 0.29) is 6.04 Å². The van der Waals surface area contributed by atoms with Crippen LogP contribution in [0.1, 0.15) is 57.8 Å². The average molecular weight is 303 g/mol. The number of unbranched alkanes of at least 4 members (excludes halogenated alkanes) is 1. The molecule has 3 nitrogen and oxygen atoms in total. The highest BCUT2D eigenvalue weighted by Crippen LogP contribution is 2.28. The fourth-order valence-corrected chi connectivity index (χ4v) is 2.42. The van der Waals surface area contributed by atoms with Crippen molar-refractivity contribution in [3.05, 3.63) is 22.6 Å². The second kappa shape index (κ2) is 7.90. The zero-order chi connectivity index (χ0) is 12.7. The summed E-state index contributed by atoms with van der Waals surface area (Å²) in [5, 5.41) is 0. The maximum Gasteiger partial charge on any atom is 0.169 e. The van der Waals surface area contributed by atoms with Crippen LogP contribution in [0.3, 0.4) is 0 Å². The average Bonchev–Trinajstić information content (AvgIpc) is 2.76. The highest BCUT2D eigenvalue weighted by atomic mass is 79.9. The van der Waals surface area contributed by atoms with Gasteiger partial charge in [0.2, 0.25) is 0 Å². The number of nitrogens with one attached hydrogen (secondary N) is 1. The van der Waals surface area contributed by atoms with Gasteiger partial charge in [-0.3, -0.25) is 5.84 Å². The van der Waals surface area contributed by atoms with Crippen molar-refractivity contribution in [1.29, 1.82) is 0 Å². The van der Waals surface area contributed by atoms with Crippen molar-refractivity contribution >= 4 is 15.9 Å². The van der Waals surface area contributed by atoms with Crippen molar-refractivity contribution in [3.63, 3.8) is 0 Å². The molecule has 3 N–H and O–H groups in total. The molecule has 0 aliphatic heterocycles. The standard InChI is InChI=1S/C13H23BrN2O/c1-3-5-6-10(4-2)9-11(16-15)12-7-8-13(14)17-12/h7-8,10-11,16H,3-6,9,15H2,1-2H3. The van der Waals surface area contributed by atoms with Crippen LogP contribution in [0.15, 0.2) is 21.2 Å². The van der Waals surface area contributed by atoms with Crippen LogP contribution in [0, 0.1) is 5.92 Å². The van der Waals surface area contributed by atoms with E-state index in [1.54, 1.807) is 0 Å². The fourth-order valence-electron chi connectivity index (χ4n) is 2.10. The Morgan fingerprint density at radius 2 is 2.18 bits per heavy atom. The van der Waals surface area contributed by atoms with Crippen LogP contribution < -0.4 is 11.3 Å². The van der Waals surface area contributed by atoms with Crippen molar-refractivity contribution in [2.24, 2.45) is 11.8 Å². The summed E-state index contributed by atoms with van der Waals surface area (Å²) >= 11 is 3.32. The molecule has 2 atom stereocenters. The van der Waals surface area contributed by atoms with Gasteiger partial charge in [-0.25, -0.2) is 5.43 Å². The second-order valence-electron chi connectivity index (χ2n) is 4.51. The van der Waals surface area contributed by atoms with Crippen LogP contribution in [0.2, 0.25) is 0 Å². The first kappa shape index (κ1) is 14.7. The molecular weight excluding hydrogens is 280 g/mol. The third-order valence-corrected chi connectivity index (χ3v) is 3.68. The summed E-state index contributed by atoms with van der Waals surface area (Å²) in [7, 11) is 0. The quantitative estimate of drug-likeness (QED) is 0.560. The molecule has 0 aromatic carbocycles. The van der Waals surface area contributed by atoms with Gasteiger partial charge in [-0.1, -0.05) is 39.5 Å². The molecule has 1 aromatic heterocycles. The van der Waals surface area contributed by atoms with E-state index in [0.29, 0.717) is 5.92 Å². The van der Waals surface area contributed by atoms with Gasteiger partial charge in [-0.15, -0.1) is 0 Å². The highest BCUT2D eigenvalue weighted by molar-refractivity contribution is 9.10. The third-order valence-electron chi connectivity index (χ3n) is 3.25. The SMILES string of the molecule is CCCCC(CC)CC(NN)c1ccc(Br)o1. The van der Waals surface area contributed by atoms with Crippen LogP contribution in [0.25, 0.3) is 0 Å². The van der Waals surface area contributed by atoms with Crippen molar-refractivity contribution in [1.82, 2.24) is 5.43 Å². The van der Waals surface area contributed by atoms with Gasteiger partial charge in [0.1, 0.15) is 5.76 Å². The number of furan rings is 1. The molecule has 0 amide bonds. The van der Waals surface area contributed by atoms with Gasteiger partial charge in [0, 0.05) is 0 Å². The topological polar surface area (TPSA) is 51.2 Å². The predicted octanol–water partition coefficient (Wildman–Crippen LogP) is 4.15. The number of halogens is 1. The molecule has 4 heteroatoms. The zero-order valence-corrected chi connectivity index (χ0v) is 12.3. The molecule has 98 valence electrons. The summed E-state index contributed by atoms with van der Waals surface area (Å²) in [4.78, 5) is 0. The summed E-state index contributed by atoms with van der Waals surface area (Å²) in [5.41, 5.74) is 2.86. The largest absolute Gasteiger partial charge is 0.453 e. The molecule has 0 spiro atoms. The second-order valence-corrected chi connectivity index (χ2v) is 5.29. The van der Waals surface area contributed by atoms with E-state index in [0.717, 1.165) is 16.9 Å². The first-order valence-electron chi connectivity index (χ1n) is 6.42. The lowest BCUT2D eigenvalue weighted by molar-refractivity contribution is 0.317. The Balaban J connectivity index is 2.55. The van der Waals surface area contributed by atoms with E-state index in [1.807, 2.05) is 12.1 Å². The maximum atomic E-state index is 5.62.